The van der Waals surface area contributed by atoms with Crippen molar-refractivity contribution in [2.45, 2.75) is 57.4 Å². The third-order valence-corrected chi connectivity index (χ3v) is 4.24. The third kappa shape index (κ3) is 2.10. The fraction of sp³-hybridized carbons (Fsp3) is 0.846. The van der Waals surface area contributed by atoms with Gasteiger partial charge in [-0.15, -0.1) is 10.2 Å². The summed E-state index contributed by atoms with van der Waals surface area (Å²) in [6.45, 7) is 4.34. The molecule has 2 aliphatic rings. The fourth-order valence-corrected chi connectivity index (χ4v) is 3.35. The van der Waals surface area contributed by atoms with Crippen LogP contribution in [-0.2, 0) is 0 Å². The fourth-order valence-electron chi connectivity index (χ4n) is 3.35. The number of nitrogens with one attached hydrogen (secondary N) is 1. The Bertz CT molecular complexity index is 373. The van der Waals surface area contributed by atoms with Crippen molar-refractivity contribution in [3.63, 3.8) is 0 Å². The first-order valence-electron chi connectivity index (χ1n) is 6.98. The summed E-state index contributed by atoms with van der Waals surface area (Å²) in [5.41, 5.74) is 0. The zero-order valence-corrected chi connectivity index (χ0v) is 10.7. The highest BCUT2D eigenvalue weighted by atomic mass is 15.3. The number of nitrogens with zero attached hydrogens (tertiary/aromatic N) is 3. The van der Waals surface area contributed by atoms with Crippen molar-refractivity contribution < 1.29 is 0 Å². The Balaban J connectivity index is 1.87. The van der Waals surface area contributed by atoms with Crippen LogP contribution in [0, 0.1) is 6.92 Å². The Hall–Kier alpha value is -0.900. The molecule has 1 N–H and O–H groups in total. The van der Waals surface area contributed by atoms with E-state index < -0.39 is 0 Å². The van der Waals surface area contributed by atoms with E-state index in [4.69, 9.17) is 0 Å². The van der Waals surface area contributed by atoms with E-state index in [2.05, 4.69) is 27.0 Å². The minimum atomic E-state index is 0.575. The minimum Gasteiger partial charge on any atom is -0.316 e. The number of hydrogen-bond acceptors (Lipinski definition) is 3. The van der Waals surface area contributed by atoms with Gasteiger partial charge in [-0.25, -0.2) is 0 Å². The molecule has 0 unspecified atom stereocenters. The molecule has 1 aliphatic heterocycles. The maximum absolute atomic E-state index is 4.46. The van der Waals surface area contributed by atoms with E-state index in [-0.39, 0.29) is 0 Å². The van der Waals surface area contributed by atoms with Crippen LogP contribution in [-0.4, -0.2) is 27.9 Å². The van der Waals surface area contributed by atoms with E-state index in [0.717, 1.165) is 18.9 Å². The van der Waals surface area contributed by atoms with Crippen molar-refractivity contribution in [3.8, 4) is 0 Å². The first-order chi connectivity index (χ1) is 8.36. The molecular weight excluding hydrogens is 212 g/mol. The number of aromatic nitrogens is 3. The lowest BCUT2D eigenvalue weighted by molar-refractivity contribution is 0.406. The Kier molecular flexibility index (Phi) is 3.14. The Morgan fingerprint density at radius 3 is 2.65 bits per heavy atom. The maximum atomic E-state index is 4.46. The van der Waals surface area contributed by atoms with Crippen LogP contribution in [0.5, 0.6) is 0 Å². The summed E-state index contributed by atoms with van der Waals surface area (Å²) < 4.78 is 2.44. The van der Waals surface area contributed by atoms with Crippen LogP contribution >= 0.6 is 0 Å². The average Bonchev–Trinajstić information content (AvgIpc) is 2.99. The zero-order valence-electron chi connectivity index (χ0n) is 10.7. The van der Waals surface area contributed by atoms with E-state index in [0.29, 0.717) is 12.0 Å². The lowest BCUT2D eigenvalue weighted by Crippen LogP contribution is -2.30. The van der Waals surface area contributed by atoms with Gasteiger partial charge in [0.25, 0.3) is 0 Å². The Labute approximate surface area is 103 Å². The van der Waals surface area contributed by atoms with Gasteiger partial charge in [-0.3, -0.25) is 0 Å². The minimum absolute atomic E-state index is 0.575. The van der Waals surface area contributed by atoms with E-state index in [1.54, 1.807) is 0 Å². The SMILES string of the molecule is Cc1nnc([C@H]2CCCNC2)n1C1CCCC1. The summed E-state index contributed by atoms with van der Waals surface area (Å²) in [4.78, 5) is 0. The van der Waals surface area contributed by atoms with Gasteiger partial charge >= 0.3 is 0 Å². The van der Waals surface area contributed by atoms with E-state index in [9.17, 15) is 0 Å². The topological polar surface area (TPSA) is 42.7 Å². The van der Waals surface area contributed by atoms with Gasteiger partial charge in [0.2, 0.25) is 0 Å². The number of piperidine rings is 1. The molecular formula is C13H22N4. The second-order valence-electron chi connectivity index (χ2n) is 5.46. The molecule has 4 nitrogen and oxygen atoms in total. The maximum Gasteiger partial charge on any atom is 0.137 e. The molecule has 0 bridgehead atoms. The quantitative estimate of drug-likeness (QED) is 0.852. The molecule has 1 aromatic rings. The summed E-state index contributed by atoms with van der Waals surface area (Å²) in [7, 11) is 0. The molecule has 0 radical (unpaired) electrons. The molecule has 2 fully saturated rings. The monoisotopic (exact) mass is 234 g/mol. The lowest BCUT2D eigenvalue weighted by atomic mass is 9.98. The van der Waals surface area contributed by atoms with Crippen molar-refractivity contribution in [3.05, 3.63) is 11.6 Å². The second kappa shape index (κ2) is 4.77. The Morgan fingerprint density at radius 1 is 1.12 bits per heavy atom. The molecule has 0 aromatic carbocycles. The molecule has 17 heavy (non-hydrogen) atoms. The Morgan fingerprint density at radius 2 is 1.94 bits per heavy atom. The van der Waals surface area contributed by atoms with Crippen LogP contribution < -0.4 is 5.32 Å². The highest BCUT2D eigenvalue weighted by Crippen LogP contribution is 2.33. The first-order valence-corrected chi connectivity index (χ1v) is 6.98. The molecule has 2 heterocycles. The molecule has 0 spiro atoms. The second-order valence-corrected chi connectivity index (χ2v) is 5.46. The van der Waals surface area contributed by atoms with E-state index in [1.165, 1.54) is 44.3 Å². The van der Waals surface area contributed by atoms with Gasteiger partial charge in [0, 0.05) is 18.5 Å². The van der Waals surface area contributed by atoms with E-state index in [1.807, 2.05) is 0 Å². The summed E-state index contributed by atoms with van der Waals surface area (Å²) in [6, 6.07) is 0.668. The summed E-state index contributed by atoms with van der Waals surface area (Å²) in [5, 5.41) is 12.3. The molecule has 4 heteroatoms. The molecule has 0 amide bonds. The molecule has 1 aliphatic carbocycles. The normalized spacial score (nSPS) is 26.5. The van der Waals surface area contributed by atoms with Crippen molar-refractivity contribution in [2.75, 3.05) is 13.1 Å². The molecule has 3 rings (SSSR count). The predicted octanol–water partition coefficient (Wildman–Crippen LogP) is 2.17. The molecule has 1 aromatic heterocycles. The van der Waals surface area contributed by atoms with E-state index >= 15 is 0 Å². The predicted molar refractivity (Wildman–Crippen MR) is 67.1 cm³/mol. The van der Waals surface area contributed by atoms with Gasteiger partial charge < -0.3 is 9.88 Å². The first kappa shape index (κ1) is 11.2. The highest BCUT2D eigenvalue weighted by Gasteiger charge is 2.27. The highest BCUT2D eigenvalue weighted by molar-refractivity contribution is 5.06. The number of aryl methyl sites for hydroxylation is 1. The average molecular weight is 234 g/mol. The standard InChI is InChI=1S/C13H22N4/c1-10-15-16-13(11-5-4-8-14-9-11)17(10)12-6-2-3-7-12/h11-12,14H,2-9H2,1H3/t11-/m0/s1. The summed E-state index contributed by atoms with van der Waals surface area (Å²) in [5.74, 6) is 2.92. The summed E-state index contributed by atoms with van der Waals surface area (Å²) in [6.07, 6.45) is 7.88. The van der Waals surface area contributed by atoms with Gasteiger partial charge in [-0.05, 0) is 39.2 Å². The molecule has 1 atom stereocenters. The van der Waals surface area contributed by atoms with Gasteiger partial charge in [0.1, 0.15) is 11.6 Å². The summed E-state index contributed by atoms with van der Waals surface area (Å²) >= 11 is 0. The molecule has 94 valence electrons. The third-order valence-electron chi connectivity index (χ3n) is 4.24. The van der Waals surface area contributed by atoms with Crippen molar-refractivity contribution in [1.29, 1.82) is 0 Å². The lowest BCUT2D eigenvalue weighted by Gasteiger charge is -2.25. The van der Waals surface area contributed by atoms with Crippen LogP contribution in [0.15, 0.2) is 0 Å². The van der Waals surface area contributed by atoms with Gasteiger partial charge in [0.05, 0.1) is 0 Å². The molecule has 1 saturated carbocycles. The van der Waals surface area contributed by atoms with Crippen LogP contribution in [0.2, 0.25) is 0 Å². The van der Waals surface area contributed by atoms with Crippen molar-refractivity contribution >= 4 is 0 Å². The van der Waals surface area contributed by atoms with Crippen LogP contribution in [0.4, 0.5) is 0 Å². The number of hydrogen-bond donors (Lipinski definition) is 1. The van der Waals surface area contributed by atoms with Crippen LogP contribution in [0.1, 0.15) is 62.1 Å². The zero-order chi connectivity index (χ0) is 11.7. The van der Waals surface area contributed by atoms with Gasteiger partial charge in [0.15, 0.2) is 0 Å². The van der Waals surface area contributed by atoms with Gasteiger partial charge in [-0.1, -0.05) is 12.8 Å². The number of rotatable bonds is 2. The molecule has 1 saturated heterocycles. The largest absolute Gasteiger partial charge is 0.316 e. The van der Waals surface area contributed by atoms with Crippen molar-refractivity contribution in [2.24, 2.45) is 0 Å². The van der Waals surface area contributed by atoms with Crippen LogP contribution in [0.25, 0.3) is 0 Å². The van der Waals surface area contributed by atoms with Crippen molar-refractivity contribution in [1.82, 2.24) is 20.1 Å². The smallest absolute Gasteiger partial charge is 0.137 e. The van der Waals surface area contributed by atoms with Crippen LogP contribution in [0.3, 0.4) is 0 Å². The van der Waals surface area contributed by atoms with Gasteiger partial charge in [-0.2, -0.15) is 0 Å².